The minimum Gasteiger partial charge on any atom is -0.480 e. The van der Waals surface area contributed by atoms with Crippen LogP contribution in [0.25, 0.3) is 0 Å². The number of nitrogens with one attached hydrogen (secondary N) is 3. The van der Waals surface area contributed by atoms with Crippen molar-refractivity contribution in [1.82, 2.24) is 15.7 Å². The van der Waals surface area contributed by atoms with Crippen LogP contribution in [0, 0.1) is 46.8 Å². The van der Waals surface area contributed by atoms with Gasteiger partial charge in [0.1, 0.15) is 40.8 Å². The number of para-hydroxylation sites is 2. The lowest BCUT2D eigenvalue weighted by Crippen LogP contribution is -2.47. The molecule has 19 nitrogen and oxygen atoms in total. The zero-order valence-electron chi connectivity index (χ0n) is 52.4. The highest BCUT2D eigenvalue weighted by Crippen LogP contribution is 2.57. The SMILES string of the molecule is C.CC(C)[C@H](NC(=O)OC(C)(C)C)C(=O)O.CCC[C@H](C)O.CCC[C@H](C)OC(=O)[C@@H](NC(=O)OC(C)(C)C)C(C)C.CCC[C@H](C)OC(=O)[C@@H](N[P@](=O)(Oc1ccccc1)Oc1c(F)c(F)c(F)c(F)c1F)C(C)C.O=P(Cl)(Cl)Oc1ccccc1. The van der Waals surface area contributed by atoms with Gasteiger partial charge >= 0.3 is 43.9 Å². The van der Waals surface area contributed by atoms with Crippen molar-refractivity contribution in [2.75, 3.05) is 0 Å². The van der Waals surface area contributed by atoms with Gasteiger partial charge in [-0.15, -0.1) is 0 Å². The van der Waals surface area contributed by atoms with Crippen molar-refractivity contribution in [2.45, 2.75) is 218 Å². The fraction of sp³-hybridized carbons (Fsp3) is 0.610. The number of esters is 2. The van der Waals surface area contributed by atoms with Crippen molar-refractivity contribution in [3.63, 3.8) is 0 Å². The molecule has 0 fully saturated rings. The Morgan fingerprint density at radius 3 is 1.16 bits per heavy atom. The van der Waals surface area contributed by atoms with E-state index in [1.807, 2.05) is 41.5 Å². The largest absolute Gasteiger partial charge is 0.513 e. The van der Waals surface area contributed by atoms with E-state index in [-0.39, 0.29) is 37.2 Å². The van der Waals surface area contributed by atoms with E-state index in [0.29, 0.717) is 18.6 Å². The number of hydrogen-bond donors (Lipinski definition) is 5. The van der Waals surface area contributed by atoms with E-state index < -0.39 is 120 Å². The first-order valence-electron chi connectivity index (χ1n) is 27.8. The van der Waals surface area contributed by atoms with Crippen molar-refractivity contribution < 1.29 is 97.8 Å². The molecule has 0 heterocycles. The van der Waals surface area contributed by atoms with Crippen LogP contribution in [0.15, 0.2) is 60.7 Å². The molecule has 2 amide bonds. The average molecular weight is 1330 g/mol. The quantitative estimate of drug-likeness (QED) is 0.0139. The summed E-state index contributed by atoms with van der Waals surface area (Å²) in [5.74, 6) is -16.4. The summed E-state index contributed by atoms with van der Waals surface area (Å²) in [6, 6.07) is 12.7. The molecule has 87 heavy (non-hydrogen) atoms. The third-order valence-corrected chi connectivity index (χ3v) is 12.8. The number of benzene rings is 3. The Morgan fingerprint density at radius 1 is 0.529 bits per heavy atom. The highest BCUT2D eigenvalue weighted by Gasteiger charge is 2.41. The zero-order valence-corrected chi connectivity index (χ0v) is 55.7. The van der Waals surface area contributed by atoms with Crippen LogP contribution in [0.3, 0.4) is 0 Å². The number of carbonyl (C=O) groups is 5. The lowest BCUT2D eigenvalue weighted by molar-refractivity contribution is -0.153. The molecule has 0 saturated carbocycles. The standard InChI is InChI=1S/C22H25F5NO5P.C15H29NO4.C10H19NO4.C6H5Cl2O2P.C5H12O.CH4/c1-5-9-13(4)31-22(29)20(12(2)3)28-34(30,32-14-10-7-6-8-11-14)33-21-18(26)16(24)15(23)17(25)19(21)27;1-8-9-11(4)19-13(17)12(10(2)3)16-14(18)20-15(5,6)7;1-6(2)7(8(12)13)11-9(14)15-10(3,4)5;7-11(8,9)10-6-4-2-1-3-5-6;1-3-4-5(2)6;/h6-8,10-13,20H,5,9H2,1-4H3,(H,28,30);10-12H,8-9H2,1-7H3,(H,16,18);6-7H,1-5H3,(H,11,14)(H,12,13);1-5H;5-6H,3-4H2,1-2H3;1H4/t13-,20-,34-;11-,12-;7-;;5-;/m000.0./s1. The number of halogens is 7. The van der Waals surface area contributed by atoms with E-state index in [4.69, 9.17) is 60.7 Å². The third-order valence-electron chi connectivity index (χ3n) is 10.5. The van der Waals surface area contributed by atoms with E-state index in [1.54, 1.807) is 113 Å². The lowest BCUT2D eigenvalue weighted by atomic mass is 10.0. The molecule has 0 spiro atoms. The summed E-state index contributed by atoms with van der Waals surface area (Å²) in [6.07, 6.45) is -0.472. The van der Waals surface area contributed by atoms with Crippen LogP contribution < -0.4 is 29.3 Å². The number of hydrogen-bond acceptors (Lipinski definition) is 15. The first-order valence-corrected chi connectivity index (χ1v) is 32.8. The second-order valence-corrected chi connectivity index (χ2v) is 28.2. The summed E-state index contributed by atoms with van der Waals surface area (Å²) in [7, 11) is -4.98. The van der Waals surface area contributed by atoms with Gasteiger partial charge in [-0.1, -0.05) is 125 Å². The Kier molecular flexibility index (Phi) is 41.2. The molecule has 0 aliphatic carbocycles. The van der Waals surface area contributed by atoms with Gasteiger partial charge in [-0.3, -0.25) is 4.79 Å². The van der Waals surface area contributed by atoms with Gasteiger partial charge in [0.2, 0.25) is 34.8 Å². The molecule has 28 heteroatoms. The number of amides is 2. The van der Waals surface area contributed by atoms with Gasteiger partial charge in [0, 0.05) is 22.5 Å². The summed E-state index contributed by atoms with van der Waals surface area (Å²) >= 11 is 10.3. The predicted molar refractivity (Wildman–Crippen MR) is 328 cm³/mol. The first kappa shape index (κ1) is 85.8. The lowest BCUT2D eigenvalue weighted by Gasteiger charge is -2.27. The van der Waals surface area contributed by atoms with Crippen molar-refractivity contribution >= 4 is 66.4 Å². The van der Waals surface area contributed by atoms with E-state index >= 15 is 0 Å². The molecule has 3 rings (SSSR count). The molecule has 3 aromatic carbocycles. The fourth-order valence-corrected chi connectivity index (χ4v) is 9.03. The van der Waals surface area contributed by atoms with E-state index in [2.05, 4.69) is 27.2 Å². The van der Waals surface area contributed by atoms with Crippen LogP contribution in [0.1, 0.15) is 171 Å². The summed E-state index contributed by atoms with van der Waals surface area (Å²) in [6.45, 7) is 32.0. The molecule has 0 bridgehead atoms. The number of carboxylic acid groups (broad SMARTS) is 1. The smallest absolute Gasteiger partial charge is 0.480 e. The average Bonchev–Trinajstić information content (AvgIpc) is 1.81. The van der Waals surface area contributed by atoms with Gasteiger partial charge < -0.3 is 53.4 Å². The van der Waals surface area contributed by atoms with Crippen LogP contribution in [0.4, 0.5) is 31.5 Å². The fourth-order valence-electron chi connectivity index (χ4n) is 6.50. The van der Waals surface area contributed by atoms with Crippen LogP contribution >= 0.6 is 36.3 Å². The minimum atomic E-state index is -4.98. The van der Waals surface area contributed by atoms with Crippen molar-refractivity contribution in [3.8, 4) is 17.2 Å². The Labute approximate surface area is 520 Å². The zero-order chi connectivity index (χ0) is 67.1. The molecule has 0 aliphatic heterocycles. The van der Waals surface area contributed by atoms with Crippen LogP contribution in [-0.2, 0) is 42.5 Å². The molecule has 0 radical (unpaired) electrons. The Balaban J connectivity index is -0.00000113. The number of aliphatic hydroxyl groups excluding tert-OH is 1. The van der Waals surface area contributed by atoms with Crippen molar-refractivity contribution in [3.05, 3.63) is 89.7 Å². The highest BCUT2D eigenvalue weighted by molar-refractivity contribution is 8.05. The summed E-state index contributed by atoms with van der Waals surface area (Å²) in [5, 5.41) is 24.5. The summed E-state index contributed by atoms with van der Waals surface area (Å²) in [5.41, 5.74) is -1.21. The maximum Gasteiger partial charge on any atom is 0.513 e. The second kappa shape index (κ2) is 41.8. The molecule has 0 unspecified atom stereocenters. The Bertz CT molecular complexity index is 2580. The molecular weight excluding hydrogens is 1230 g/mol. The van der Waals surface area contributed by atoms with E-state index in [1.165, 1.54) is 24.3 Å². The van der Waals surface area contributed by atoms with E-state index in [0.717, 1.165) is 25.7 Å². The van der Waals surface area contributed by atoms with E-state index in [9.17, 15) is 55.1 Å². The summed E-state index contributed by atoms with van der Waals surface area (Å²) in [4.78, 5) is 58.6. The number of carbonyl (C=O) groups excluding carboxylic acids is 4. The third kappa shape index (κ3) is 38.6. The van der Waals surface area contributed by atoms with Gasteiger partial charge in [0.25, 0.3) is 0 Å². The molecule has 7 atom stereocenters. The van der Waals surface area contributed by atoms with Crippen LogP contribution in [-0.4, -0.2) is 87.9 Å². The van der Waals surface area contributed by atoms with Crippen LogP contribution in [0.5, 0.6) is 17.2 Å². The Hall–Kier alpha value is -5.38. The monoisotopic (exact) mass is 1330 g/mol. The van der Waals surface area contributed by atoms with Crippen LogP contribution in [0.2, 0.25) is 0 Å². The molecule has 0 aliphatic rings. The van der Waals surface area contributed by atoms with Crippen molar-refractivity contribution in [1.29, 1.82) is 0 Å². The number of carboxylic acids is 1. The number of aliphatic hydroxyl groups is 1. The molecule has 0 saturated heterocycles. The first-order chi connectivity index (χ1) is 39.4. The highest BCUT2D eigenvalue weighted by atomic mass is 35.9. The molecule has 500 valence electrons. The van der Waals surface area contributed by atoms with Gasteiger partial charge in [0.05, 0.1) is 18.3 Å². The summed E-state index contributed by atoms with van der Waals surface area (Å²) < 4.78 is 129. The molecule has 0 aromatic heterocycles. The second-order valence-electron chi connectivity index (χ2n) is 22.3. The van der Waals surface area contributed by atoms with Crippen molar-refractivity contribution in [2.24, 2.45) is 17.8 Å². The van der Waals surface area contributed by atoms with Gasteiger partial charge in [-0.05, 0) is 124 Å². The minimum absolute atomic E-state index is 0. The number of aliphatic carboxylic acids is 1. The molecule has 5 N–H and O–H groups in total. The number of alkyl carbamates (subject to hydrolysis) is 2. The number of rotatable bonds is 24. The normalized spacial score (nSPS) is 13.9. The molecular formula is C59H94Cl2F5N3O16P2. The molecule has 3 aromatic rings. The van der Waals surface area contributed by atoms with Gasteiger partial charge in [0.15, 0.2) is 0 Å². The predicted octanol–water partition coefficient (Wildman–Crippen LogP) is 16.6. The topological polar surface area (TPSA) is 261 Å². The Morgan fingerprint density at radius 2 is 0.862 bits per heavy atom. The van der Waals surface area contributed by atoms with Gasteiger partial charge in [-0.25, -0.2) is 41.5 Å². The maximum atomic E-state index is 14.2. The maximum absolute atomic E-state index is 14.2. The number of ether oxygens (including phenoxy) is 4. The van der Waals surface area contributed by atoms with Gasteiger partial charge in [-0.2, -0.15) is 13.9 Å².